The number of ether oxygens (including phenoxy) is 2. The summed E-state index contributed by atoms with van der Waals surface area (Å²) in [5.41, 5.74) is 3.03. The molecule has 4 atom stereocenters. The lowest BCUT2D eigenvalue weighted by Crippen LogP contribution is -2.45. The van der Waals surface area contributed by atoms with Gasteiger partial charge >= 0.3 is 0 Å². The van der Waals surface area contributed by atoms with Crippen molar-refractivity contribution in [3.8, 4) is 5.75 Å². The molecule has 0 bridgehead atoms. The van der Waals surface area contributed by atoms with Crippen LogP contribution in [0.2, 0.25) is 0 Å². The Morgan fingerprint density at radius 1 is 0.979 bits per heavy atom. The highest BCUT2D eigenvalue weighted by Gasteiger charge is 2.66. The second-order valence-corrected chi connectivity index (χ2v) is 14.7. The average Bonchev–Trinajstić information content (AvgIpc) is 3.51. The molecule has 2 aliphatic heterocycles. The van der Waals surface area contributed by atoms with Crippen LogP contribution >= 0.6 is 22.6 Å². The SMILES string of the molecule is COc1ccc(C(C)(C)[C@H]2[C@H](CC(=O)N(CCO)Cc3ccccc3)O[C@@]3(C(=O)N(Cc4cccc(I)c4)c4ccccc43)[C@@H]2C)cc1. The molecule has 6 rings (SSSR count). The Kier molecular flexibility index (Phi) is 9.97. The van der Waals surface area contributed by atoms with Crippen LogP contribution in [0.3, 0.4) is 0 Å². The van der Waals surface area contributed by atoms with E-state index in [4.69, 9.17) is 9.47 Å². The third-order valence-corrected chi connectivity index (χ3v) is 11.0. The van der Waals surface area contributed by atoms with E-state index in [-0.39, 0.29) is 43.2 Å². The zero-order valence-corrected chi connectivity index (χ0v) is 30.1. The molecule has 2 amide bonds. The molecule has 0 saturated carbocycles. The van der Waals surface area contributed by atoms with E-state index in [2.05, 4.69) is 61.6 Å². The first-order valence-corrected chi connectivity index (χ1v) is 17.6. The van der Waals surface area contributed by atoms with Crippen LogP contribution in [0, 0.1) is 15.4 Å². The normalized spacial score (nSPS) is 21.8. The van der Waals surface area contributed by atoms with Gasteiger partial charge in [-0.2, -0.15) is 0 Å². The molecule has 2 aliphatic rings. The summed E-state index contributed by atoms with van der Waals surface area (Å²) in [6.45, 7) is 7.33. The fraction of sp³-hybridized carbons (Fsp3) is 0.350. The molecule has 0 radical (unpaired) electrons. The zero-order valence-electron chi connectivity index (χ0n) is 27.9. The van der Waals surface area contributed by atoms with Crippen molar-refractivity contribution < 1.29 is 24.2 Å². The Hall–Kier alpha value is -3.73. The number of benzene rings is 4. The average molecular weight is 759 g/mol. The third-order valence-electron chi connectivity index (χ3n) is 10.3. The summed E-state index contributed by atoms with van der Waals surface area (Å²) < 4.78 is 13.7. The highest BCUT2D eigenvalue weighted by molar-refractivity contribution is 14.1. The largest absolute Gasteiger partial charge is 0.497 e. The molecular weight excluding hydrogens is 715 g/mol. The summed E-state index contributed by atoms with van der Waals surface area (Å²) in [7, 11) is 1.65. The molecule has 1 spiro atoms. The topological polar surface area (TPSA) is 79.3 Å². The molecule has 8 heteroatoms. The van der Waals surface area contributed by atoms with Crippen LogP contribution < -0.4 is 9.64 Å². The molecule has 4 aromatic carbocycles. The number of halogens is 1. The van der Waals surface area contributed by atoms with Crippen molar-refractivity contribution >= 4 is 40.1 Å². The fourth-order valence-electron chi connectivity index (χ4n) is 7.96. The molecule has 2 heterocycles. The van der Waals surface area contributed by atoms with Gasteiger partial charge in [0, 0.05) is 34.1 Å². The van der Waals surface area contributed by atoms with Crippen LogP contribution in [-0.2, 0) is 38.4 Å². The highest BCUT2D eigenvalue weighted by atomic mass is 127. The molecule has 0 unspecified atom stereocenters. The van der Waals surface area contributed by atoms with Crippen molar-refractivity contribution in [2.45, 2.75) is 57.4 Å². The molecule has 4 aromatic rings. The van der Waals surface area contributed by atoms with Gasteiger partial charge in [-0.15, -0.1) is 0 Å². The van der Waals surface area contributed by atoms with E-state index in [1.54, 1.807) is 12.0 Å². The van der Waals surface area contributed by atoms with Crippen LogP contribution in [0.4, 0.5) is 5.69 Å². The number of amides is 2. The van der Waals surface area contributed by atoms with Gasteiger partial charge in [-0.1, -0.05) is 93.6 Å². The number of para-hydroxylation sites is 1. The molecule has 7 nitrogen and oxygen atoms in total. The van der Waals surface area contributed by atoms with E-state index in [0.29, 0.717) is 13.1 Å². The summed E-state index contributed by atoms with van der Waals surface area (Å²) in [6, 6.07) is 34.0. The Labute approximate surface area is 297 Å². The Bertz CT molecular complexity index is 1760. The van der Waals surface area contributed by atoms with E-state index in [0.717, 1.165) is 37.3 Å². The Morgan fingerprint density at radius 3 is 2.35 bits per heavy atom. The van der Waals surface area contributed by atoms with E-state index in [9.17, 15) is 14.7 Å². The monoisotopic (exact) mass is 758 g/mol. The number of nitrogens with zero attached hydrogens (tertiary/aromatic N) is 2. The van der Waals surface area contributed by atoms with E-state index >= 15 is 0 Å². The lowest BCUT2D eigenvalue weighted by Gasteiger charge is -2.39. The smallest absolute Gasteiger partial charge is 0.264 e. The number of fused-ring (bicyclic) bond motifs is 2. The second kappa shape index (κ2) is 14.0. The second-order valence-electron chi connectivity index (χ2n) is 13.4. The summed E-state index contributed by atoms with van der Waals surface area (Å²) >= 11 is 2.30. The van der Waals surface area contributed by atoms with Crippen LogP contribution in [0.25, 0.3) is 0 Å². The highest BCUT2D eigenvalue weighted by Crippen LogP contribution is 2.60. The first kappa shape index (κ1) is 34.1. The van der Waals surface area contributed by atoms with Crippen molar-refractivity contribution in [2.24, 2.45) is 11.8 Å². The van der Waals surface area contributed by atoms with Crippen LogP contribution in [0.1, 0.15) is 49.4 Å². The first-order valence-electron chi connectivity index (χ1n) is 16.5. The molecule has 48 heavy (non-hydrogen) atoms. The maximum absolute atomic E-state index is 14.9. The molecule has 0 aliphatic carbocycles. The number of hydrogen-bond donors (Lipinski definition) is 1. The zero-order chi connectivity index (χ0) is 34.1. The van der Waals surface area contributed by atoms with Crippen LogP contribution in [0.15, 0.2) is 103 Å². The van der Waals surface area contributed by atoms with E-state index in [1.165, 1.54) is 0 Å². The van der Waals surface area contributed by atoms with Gasteiger partial charge < -0.3 is 24.4 Å². The molecule has 250 valence electrons. The number of rotatable bonds is 11. The predicted molar refractivity (Wildman–Crippen MR) is 196 cm³/mol. The predicted octanol–water partition coefficient (Wildman–Crippen LogP) is 7.08. The van der Waals surface area contributed by atoms with Gasteiger partial charge in [0.25, 0.3) is 5.91 Å². The minimum absolute atomic E-state index is 0.0789. The number of aliphatic hydroxyl groups excluding tert-OH is 1. The maximum atomic E-state index is 14.9. The van der Waals surface area contributed by atoms with Crippen molar-refractivity contribution in [1.82, 2.24) is 4.90 Å². The van der Waals surface area contributed by atoms with E-state index in [1.807, 2.05) is 89.8 Å². The minimum Gasteiger partial charge on any atom is -0.497 e. The number of hydrogen-bond acceptors (Lipinski definition) is 5. The van der Waals surface area contributed by atoms with Gasteiger partial charge in [-0.3, -0.25) is 9.59 Å². The lowest BCUT2D eigenvalue weighted by atomic mass is 9.63. The number of carbonyl (C=O) groups excluding carboxylic acids is 2. The Balaban J connectivity index is 1.41. The summed E-state index contributed by atoms with van der Waals surface area (Å²) in [4.78, 5) is 32.7. The minimum atomic E-state index is -1.26. The number of carbonyl (C=O) groups is 2. The van der Waals surface area contributed by atoms with Crippen molar-refractivity contribution in [3.05, 3.63) is 129 Å². The fourth-order valence-corrected chi connectivity index (χ4v) is 8.57. The number of anilines is 1. The summed E-state index contributed by atoms with van der Waals surface area (Å²) in [5.74, 6) is 0.0591. The quantitative estimate of drug-likeness (QED) is 0.166. The standard InChI is InChI=1S/C40H43IN2O5/c1-27-37(39(2,3)30-17-19-32(47-4)20-18-30)35(24-36(45)42(21-22-44)25-28-11-6-5-7-12-28)48-40(27)33-15-8-9-16-34(33)43(38(40)46)26-29-13-10-14-31(41)23-29/h5-20,23,27,35,37,44H,21-22,24-26H2,1-4H3/t27-,35+,37-,40+/m1/s1. The molecule has 1 saturated heterocycles. The third kappa shape index (κ3) is 6.26. The molecular formula is C40H43IN2O5. The van der Waals surface area contributed by atoms with Gasteiger partial charge in [-0.05, 0) is 75.0 Å². The number of methoxy groups -OCH3 is 1. The van der Waals surface area contributed by atoms with Crippen molar-refractivity contribution in [1.29, 1.82) is 0 Å². The maximum Gasteiger partial charge on any atom is 0.264 e. The van der Waals surface area contributed by atoms with Gasteiger partial charge in [0.2, 0.25) is 5.91 Å². The van der Waals surface area contributed by atoms with Gasteiger partial charge in [-0.25, -0.2) is 0 Å². The van der Waals surface area contributed by atoms with Crippen molar-refractivity contribution in [2.75, 3.05) is 25.2 Å². The van der Waals surface area contributed by atoms with Crippen molar-refractivity contribution in [3.63, 3.8) is 0 Å². The first-order chi connectivity index (χ1) is 23.1. The summed E-state index contributed by atoms with van der Waals surface area (Å²) in [5, 5.41) is 9.93. The molecule has 1 N–H and O–H groups in total. The van der Waals surface area contributed by atoms with E-state index < -0.39 is 17.1 Å². The number of aliphatic hydroxyl groups is 1. The van der Waals surface area contributed by atoms with Gasteiger partial charge in [0.1, 0.15) is 5.75 Å². The Morgan fingerprint density at radius 2 is 1.67 bits per heavy atom. The lowest BCUT2D eigenvalue weighted by molar-refractivity contribution is -0.150. The van der Waals surface area contributed by atoms with Gasteiger partial charge in [0.05, 0.1) is 38.5 Å². The summed E-state index contributed by atoms with van der Waals surface area (Å²) in [6.07, 6.45) is -0.494. The molecule has 1 fully saturated rings. The van der Waals surface area contributed by atoms with Crippen LogP contribution in [0.5, 0.6) is 5.75 Å². The molecule has 0 aromatic heterocycles. The van der Waals surface area contributed by atoms with Crippen LogP contribution in [-0.4, -0.2) is 48.2 Å². The van der Waals surface area contributed by atoms with Gasteiger partial charge in [0.15, 0.2) is 5.60 Å².